The third-order valence-corrected chi connectivity index (χ3v) is 7.01. The first kappa shape index (κ1) is 20.1. The standard InChI is InChI=1S/C13H30BN5O4S/c1-17(2)13-9-19(8-12(13)16)24(22,23)18-6-10(11(15)7-18)4-3-5-14(20)21/h10-13,20-21H,3-9,15-16H2,1-2H3/t10-,11-,12-,13+/m0/s1. The Bertz CT molecular complexity index is 520. The van der Waals surface area contributed by atoms with E-state index >= 15 is 0 Å². The maximum absolute atomic E-state index is 12.9. The molecule has 0 aromatic heterocycles. The highest BCUT2D eigenvalue weighted by atomic mass is 32.2. The van der Waals surface area contributed by atoms with Gasteiger partial charge in [-0.3, -0.25) is 0 Å². The summed E-state index contributed by atoms with van der Waals surface area (Å²) in [4.78, 5) is 1.96. The molecule has 2 aliphatic heterocycles. The quantitative estimate of drug-likeness (QED) is 0.362. The molecule has 0 aromatic rings. The first-order valence-corrected chi connectivity index (χ1v) is 9.81. The molecule has 24 heavy (non-hydrogen) atoms. The number of hydrogen-bond donors (Lipinski definition) is 4. The SMILES string of the molecule is CN(C)[C@@H]1CN(S(=O)(=O)N2C[C@H](CCCB(O)O)[C@@H](N)C2)C[C@@H]1N. The van der Waals surface area contributed by atoms with Gasteiger partial charge in [-0.1, -0.05) is 6.42 Å². The number of nitrogens with two attached hydrogens (primary N) is 2. The fourth-order valence-electron chi connectivity index (χ4n) is 3.59. The molecule has 0 aromatic carbocycles. The van der Waals surface area contributed by atoms with E-state index < -0.39 is 17.3 Å². The monoisotopic (exact) mass is 363 g/mol. The van der Waals surface area contributed by atoms with Gasteiger partial charge in [0.2, 0.25) is 0 Å². The predicted molar refractivity (Wildman–Crippen MR) is 93.2 cm³/mol. The zero-order valence-electron chi connectivity index (χ0n) is 14.5. The zero-order valence-corrected chi connectivity index (χ0v) is 15.3. The van der Waals surface area contributed by atoms with Crippen molar-refractivity contribution in [3.63, 3.8) is 0 Å². The predicted octanol–water partition coefficient (Wildman–Crippen LogP) is -2.68. The van der Waals surface area contributed by atoms with Gasteiger partial charge in [-0.05, 0) is 32.8 Å². The van der Waals surface area contributed by atoms with Gasteiger partial charge in [0.05, 0.1) is 0 Å². The molecular weight excluding hydrogens is 333 g/mol. The van der Waals surface area contributed by atoms with E-state index in [4.69, 9.17) is 21.5 Å². The summed E-state index contributed by atoms with van der Waals surface area (Å²) < 4.78 is 28.6. The molecule has 0 amide bonds. The largest absolute Gasteiger partial charge is 0.451 e. The Morgan fingerprint density at radius 2 is 1.67 bits per heavy atom. The molecule has 140 valence electrons. The number of rotatable bonds is 7. The first-order chi connectivity index (χ1) is 11.1. The zero-order chi connectivity index (χ0) is 18.1. The smallest absolute Gasteiger partial charge is 0.427 e. The van der Waals surface area contributed by atoms with E-state index in [1.54, 1.807) is 0 Å². The lowest BCUT2D eigenvalue weighted by Crippen LogP contribution is -2.44. The summed E-state index contributed by atoms with van der Waals surface area (Å²) in [5.41, 5.74) is 12.2. The third-order valence-electron chi connectivity index (χ3n) is 5.11. The highest BCUT2D eigenvalue weighted by Crippen LogP contribution is 2.27. The molecule has 4 atom stereocenters. The molecule has 0 radical (unpaired) electrons. The molecular formula is C13H30BN5O4S. The van der Waals surface area contributed by atoms with Crippen LogP contribution < -0.4 is 11.5 Å². The van der Waals surface area contributed by atoms with Crippen LogP contribution in [0, 0.1) is 5.92 Å². The summed E-state index contributed by atoms with van der Waals surface area (Å²) in [6, 6.07) is -0.415. The minimum atomic E-state index is -3.56. The van der Waals surface area contributed by atoms with Crippen molar-refractivity contribution in [3.8, 4) is 0 Å². The topological polar surface area (TPSA) is 136 Å². The van der Waals surface area contributed by atoms with Crippen molar-refractivity contribution in [2.24, 2.45) is 17.4 Å². The van der Waals surface area contributed by atoms with E-state index in [0.717, 1.165) is 0 Å². The summed E-state index contributed by atoms with van der Waals surface area (Å²) in [5, 5.41) is 17.8. The highest BCUT2D eigenvalue weighted by molar-refractivity contribution is 7.86. The summed E-state index contributed by atoms with van der Waals surface area (Å²) in [6.45, 7) is 1.39. The average molecular weight is 363 g/mol. The van der Waals surface area contributed by atoms with Gasteiger partial charge in [0.25, 0.3) is 10.2 Å². The van der Waals surface area contributed by atoms with Crippen LogP contribution in [0.15, 0.2) is 0 Å². The summed E-state index contributed by atoms with van der Waals surface area (Å²) in [7, 11) is -1.08. The van der Waals surface area contributed by atoms with E-state index in [-0.39, 0.29) is 30.4 Å². The molecule has 0 bridgehead atoms. The van der Waals surface area contributed by atoms with E-state index in [1.165, 1.54) is 8.61 Å². The minimum Gasteiger partial charge on any atom is -0.427 e. The molecule has 6 N–H and O–H groups in total. The molecule has 2 aliphatic rings. The van der Waals surface area contributed by atoms with Gasteiger partial charge in [0.1, 0.15) is 0 Å². The van der Waals surface area contributed by atoms with E-state index in [9.17, 15) is 8.42 Å². The fraction of sp³-hybridized carbons (Fsp3) is 1.00. The third kappa shape index (κ3) is 4.47. The molecule has 0 spiro atoms. The van der Waals surface area contributed by atoms with Gasteiger partial charge in [-0.15, -0.1) is 0 Å². The average Bonchev–Trinajstić information content (AvgIpc) is 3.03. The van der Waals surface area contributed by atoms with Gasteiger partial charge in [-0.2, -0.15) is 17.0 Å². The van der Waals surface area contributed by atoms with Crippen molar-refractivity contribution in [1.82, 2.24) is 13.5 Å². The maximum atomic E-state index is 12.9. The molecule has 2 rings (SSSR count). The lowest BCUT2D eigenvalue weighted by atomic mass is 9.82. The lowest BCUT2D eigenvalue weighted by Gasteiger charge is -2.25. The van der Waals surface area contributed by atoms with Crippen LogP contribution in [0.4, 0.5) is 0 Å². The van der Waals surface area contributed by atoms with Crippen LogP contribution in [0.1, 0.15) is 12.8 Å². The number of nitrogens with zero attached hydrogens (tertiary/aromatic N) is 3. The van der Waals surface area contributed by atoms with Crippen molar-refractivity contribution < 1.29 is 18.5 Å². The maximum Gasteiger partial charge on any atom is 0.451 e. The number of likely N-dealkylation sites (N-methyl/N-ethyl adjacent to an activating group) is 1. The van der Waals surface area contributed by atoms with Crippen molar-refractivity contribution in [3.05, 3.63) is 0 Å². The van der Waals surface area contributed by atoms with E-state index in [2.05, 4.69) is 0 Å². The second kappa shape index (κ2) is 7.96. The second-order valence-electron chi connectivity index (χ2n) is 7.17. The van der Waals surface area contributed by atoms with Gasteiger partial charge < -0.3 is 26.4 Å². The minimum absolute atomic E-state index is 0.0119. The van der Waals surface area contributed by atoms with E-state index in [0.29, 0.717) is 39.0 Å². The Labute approximate surface area is 144 Å². The van der Waals surface area contributed by atoms with Crippen LogP contribution >= 0.6 is 0 Å². The Balaban J connectivity index is 1.96. The Morgan fingerprint density at radius 3 is 2.21 bits per heavy atom. The van der Waals surface area contributed by atoms with Gasteiger partial charge in [0, 0.05) is 44.3 Å². The Kier molecular flexibility index (Phi) is 6.65. The summed E-state index contributed by atoms with van der Waals surface area (Å²) in [6.07, 6.45) is 1.58. The first-order valence-electron chi connectivity index (χ1n) is 8.42. The fourth-order valence-corrected chi connectivity index (χ4v) is 5.35. The van der Waals surface area contributed by atoms with Crippen LogP contribution in [-0.4, -0.2) is 97.5 Å². The Morgan fingerprint density at radius 1 is 1.08 bits per heavy atom. The van der Waals surface area contributed by atoms with Crippen LogP contribution in [0.2, 0.25) is 6.32 Å². The molecule has 0 saturated carbocycles. The van der Waals surface area contributed by atoms with Crippen LogP contribution in [0.25, 0.3) is 0 Å². The van der Waals surface area contributed by atoms with Crippen molar-refractivity contribution >= 4 is 17.3 Å². The number of hydrogen-bond acceptors (Lipinski definition) is 7. The molecule has 2 saturated heterocycles. The van der Waals surface area contributed by atoms with Gasteiger partial charge in [-0.25, -0.2) is 0 Å². The summed E-state index contributed by atoms with van der Waals surface area (Å²) >= 11 is 0. The normalized spacial score (nSPS) is 32.8. The molecule has 0 aliphatic carbocycles. The molecule has 2 heterocycles. The Hall–Kier alpha value is -0.265. The van der Waals surface area contributed by atoms with Crippen LogP contribution in [0.3, 0.4) is 0 Å². The van der Waals surface area contributed by atoms with Crippen LogP contribution in [-0.2, 0) is 10.2 Å². The van der Waals surface area contributed by atoms with Crippen LogP contribution in [0.5, 0.6) is 0 Å². The lowest BCUT2D eigenvalue weighted by molar-refractivity contribution is 0.283. The molecule has 9 nitrogen and oxygen atoms in total. The van der Waals surface area contributed by atoms with E-state index in [1.807, 2.05) is 19.0 Å². The van der Waals surface area contributed by atoms with Crippen molar-refractivity contribution in [2.75, 3.05) is 40.3 Å². The highest BCUT2D eigenvalue weighted by Gasteiger charge is 2.44. The second-order valence-corrected chi connectivity index (χ2v) is 9.10. The van der Waals surface area contributed by atoms with Gasteiger partial charge >= 0.3 is 7.12 Å². The molecule has 2 fully saturated rings. The molecule has 0 unspecified atom stereocenters. The molecule has 11 heteroatoms. The summed E-state index contributed by atoms with van der Waals surface area (Å²) in [5.74, 6) is 0.0412. The van der Waals surface area contributed by atoms with Crippen molar-refractivity contribution in [1.29, 1.82) is 0 Å². The van der Waals surface area contributed by atoms with Gasteiger partial charge in [0.15, 0.2) is 0 Å². The van der Waals surface area contributed by atoms with Crippen molar-refractivity contribution in [2.45, 2.75) is 37.3 Å².